The number of anilines is 1. The van der Waals surface area contributed by atoms with Crippen LogP contribution in [-0.4, -0.2) is 30.6 Å². The maximum absolute atomic E-state index is 6.05. The molecular weight excluding hydrogens is 362 g/mol. The van der Waals surface area contributed by atoms with E-state index in [2.05, 4.69) is 15.8 Å². The van der Waals surface area contributed by atoms with Crippen molar-refractivity contribution in [2.45, 2.75) is 25.9 Å². The lowest BCUT2D eigenvalue weighted by molar-refractivity contribution is 0.111. The van der Waals surface area contributed by atoms with Gasteiger partial charge < -0.3 is 19.5 Å². The summed E-state index contributed by atoms with van der Waals surface area (Å²) >= 11 is 5.38. The molecule has 0 fully saturated rings. The van der Waals surface area contributed by atoms with Crippen LogP contribution in [0.15, 0.2) is 47.6 Å². The number of hydrogen-bond acceptors (Lipinski definition) is 5. The van der Waals surface area contributed by atoms with Crippen LogP contribution >= 0.6 is 12.2 Å². The molecule has 0 saturated heterocycles. The molecule has 27 heavy (non-hydrogen) atoms. The standard InChI is InChI=1S/C20H23N3O3S/c1-20(2)12-16(14-11-13(24-3)9-10-17(14)26-20)22-23-19(27)21-15-7-5-6-8-18(15)25-4/h5-11H,12H2,1-4H3,(H2,21,23,27)/b22-16-. The van der Waals surface area contributed by atoms with Gasteiger partial charge in [-0.25, -0.2) is 0 Å². The van der Waals surface area contributed by atoms with Gasteiger partial charge in [0, 0.05) is 12.0 Å². The van der Waals surface area contributed by atoms with Crippen LogP contribution in [0, 0.1) is 0 Å². The van der Waals surface area contributed by atoms with Gasteiger partial charge in [-0.3, -0.25) is 5.43 Å². The second-order valence-corrected chi connectivity index (χ2v) is 7.13. The van der Waals surface area contributed by atoms with Crippen molar-refractivity contribution in [3.63, 3.8) is 0 Å². The molecule has 0 unspecified atom stereocenters. The van der Waals surface area contributed by atoms with Crippen LogP contribution in [0.2, 0.25) is 0 Å². The first-order chi connectivity index (χ1) is 12.9. The van der Waals surface area contributed by atoms with E-state index >= 15 is 0 Å². The molecule has 2 N–H and O–H groups in total. The zero-order valence-electron chi connectivity index (χ0n) is 15.8. The van der Waals surface area contributed by atoms with Gasteiger partial charge >= 0.3 is 0 Å². The summed E-state index contributed by atoms with van der Waals surface area (Å²) in [6, 6.07) is 13.2. The fourth-order valence-electron chi connectivity index (χ4n) is 2.90. The monoisotopic (exact) mass is 385 g/mol. The maximum atomic E-state index is 6.05. The van der Waals surface area contributed by atoms with Crippen LogP contribution in [0.25, 0.3) is 0 Å². The molecule has 7 heteroatoms. The highest BCUT2D eigenvalue weighted by atomic mass is 32.1. The molecule has 1 aliphatic heterocycles. The van der Waals surface area contributed by atoms with E-state index in [-0.39, 0.29) is 5.60 Å². The van der Waals surface area contributed by atoms with Crippen LogP contribution in [0.3, 0.4) is 0 Å². The van der Waals surface area contributed by atoms with Gasteiger partial charge in [0.25, 0.3) is 0 Å². The van der Waals surface area contributed by atoms with Crippen LogP contribution in [0.1, 0.15) is 25.8 Å². The first kappa shape index (κ1) is 19.0. The molecule has 2 aromatic rings. The number of thiocarbonyl (C=S) groups is 1. The Labute approximate surface area is 164 Å². The summed E-state index contributed by atoms with van der Waals surface area (Å²) in [6.45, 7) is 4.06. The molecule has 0 radical (unpaired) electrons. The molecule has 0 saturated carbocycles. The number of rotatable bonds is 4. The molecule has 3 rings (SSSR count). The Balaban J connectivity index is 1.81. The zero-order chi connectivity index (χ0) is 19.4. The smallest absolute Gasteiger partial charge is 0.191 e. The van der Waals surface area contributed by atoms with Gasteiger partial charge in [0.2, 0.25) is 0 Å². The predicted molar refractivity (Wildman–Crippen MR) is 111 cm³/mol. The zero-order valence-corrected chi connectivity index (χ0v) is 16.6. The first-order valence-corrected chi connectivity index (χ1v) is 8.97. The number of benzene rings is 2. The summed E-state index contributed by atoms with van der Waals surface area (Å²) in [4.78, 5) is 0. The molecule has 142 valence electrons. The molecule has 2 aromatic carbocycles. The summed E-state index contributed by atoms with van der Waals surface area (Å²) in [5.74, 6) is 2.23. The summed E-state index contributed by atoms with van der Waals surface area (Å²) in [7, 11) is 3.25. The predicted octanol–water partition coefficient (Wildman–Crippen LogP) is 3.96. The quantitative estimate of drug-likeness (QED) is 0.614. The average molecular weight is 385 g/mol. The lowest BCUT2D eigenvalue weighted by atomic mass is 9.92. The summed E-state index contributed by atoms with van der Waals surface area (Å²) in [5, 5.41) is 8.01. The lowest BCUT2D eigenvalue weighted by Gasteiger charge is -2.33. The number of nitrogens with one attached hydrogen (secondary N) is 2. The number of methoxy groups -OCH3 is 2. The topological polar surface area (TPSA) is 64.1 Å². The number of nitrogens with zero attached hydrogens (tertiary/aromatic N) is 1. The number of fused-ring (bicyclic) bond motifs is 1. The second kappa shape index (κ2) is 7.84. The van der Waals surface area contributed by atoms with E-state index in [4.69, 9.17) is 26.4 Å². The normalized spacial score (nSPS) is 16.1. The molecule has 0 spiro atoms. The largest absolute Gasteiger partial charge is 0.497 e. The number of ether oxygens (including phenoxy) is 3. The Kier molecular flexibility index (Phi) is 5.51. The molecule has 0 bridgehead atoms. The van der Waals surface area contributed by atoms with E-state index in [1.165, 1.54) is 0 Å². The maximum Gasteiger partial charge on any atom is 0.191 e. The summed E-state index contributed by atoms with van der Waals surface area (Å²) in [6.07, 6.45) is 0.636. The van der Waals surface area contributed by atoms with Crippen molar-refractivity contribution in [2.24, 2.45) is 5.10 Å². The first-order valence-electron chi connectivity index (χ1n) is 8.56. The average Bonchev–Trinajstić information content (AvgIpc) is 2.65. The number of hydrogen-bond donors (Lipinski definition) is 2. The Bertz CT molecular complexity index is 881. The number of hydrazone groups is 1. The molecule has 0 aromatic heterocycles. The van der Waals surface area contributed by atoms with E-state index in [1.807, 2.05) is 56.3 Å². The second-order valence-electron chi connectivity index (χ2n) is 6.73. The van der Waals surface area contributed by atoms with E-state index in [9.17, 15) is 0 Å². The lowest BCUT2D eigenvalue weighted by Crippen LogP contribution is -2.37. The molecule has 0 amide bonds. The summed E-state index contributed by atoms with van der Waals surface area (Å²) < 4.78 is 16.7. The Morgan fingerprint density at radius 3 is 2.67 bits per heavy atom. The number of para-hydroxylation sites is 2. The van der Waals surface area contributed by atoms with Crippen molar-refractivity contribution in [3.05, 3.63) is 48.0 Å². The fraction of sp³-hybridized carbons (Fsp3) is 0.300. The van der Waals surface area contributed by atoms with Gasteiger partial charge in [0.1, 0.15) is 22.8 Å². The van der Waals surface area contributed by atoms with E-state index in [0.717, 1.165) is 28.5 Å². The SMILES string of the molecule is COc1ccc2c(c1)/C(=N\NC(=S)Nc1ccccc1OC)CC(C)(C)O2. The van der Waals surface area contributed by atoms with E-state index < -0.39 is 0 Å². The highest BCUT2D eigenvalue weighted by Crippen LogP contribution is 2.35. The van der Waals surface area contributed by atoms with Crippen molar-refractivity contribution in [3.8, 4) is 17.2 Å². The van der Waals surface area contributed by atoms with E-state index in [1.54, 1.807) is 14.2 Å². The highest BCUT2D eigenvalue weighted by Gasteiger charge is 2.31. The molecule has 1 aliphatic rings. The Morgan fingerprint density at radius 2 is 1.93 bits per heavy atom. The van der Waals surface area contributed by atoms with Gasteiger partial charge in [-0.05, 0) is 56.4 Å². The van der Waals surface area contributed by atoms with Crippen molar-refractivity contribution in [1.29, 1.82) is 0 Å². The molecule has 1 heterocycles. The van der Waals surface area contributed by atoms with Crippen molar-refractivity contribution < 1.29 is 14.2 Å². The van der Waals surface area contributed by atoms with Crippen LogP contribution in [0.5, 0.6) is 17.2 Å². The Hall–Kier alpha value is -2.80. The minimum absolute atomic E-state index is 0.361. The van der Waals surface area contributed by atoms with Crippen LogP contribution < -0.4 is 25.0 Å². The third-order valence-corrected chi connectivity index (χ3v) is 4.32. The van der Waals surface area contributed by atoms with Gasteiger partial charge in [0.15, 0.2) is 5.11 Å². The minimum Gasteiger partial charge on any atom is -0.497 e. The van der Waals surface area contributed by atoms with Crippen molar-refractivity contribution >= 4 is 28.7 Å². The fourth-order valence-corrected chi connectivity index (χ4v) is 3.05. The molecule has 0 aliphatic carbocycles. The minimum atomic E-state index is -0.361. The van der Waals surface area contributed by atoms with Gasteiger partial charge in [-0.15, -0.1) is 0 Å². The van der Waals surface area contributed by atoms with Crippen molar-refractivity contribution in [1.82, 2.24) is 5.43 Å². The molecule has 0 atom stereocenters. The molecule has 6 nitrogen and oxygen atoms in total. The van der Waals surface area contributed by atoms with Crippen LogP contribution in [-0.2, 0) is 0 Å². The Morgan fingerprint density at radius 1 is 1.15 bits per heavy atom. The van der Waals surface area contributed by atoms with Gasteiger partial charge in [0.05, 0.1) is 25.6 Å². The van der Waals surface area contributed by atoms with Crippen LogP contribution in [0.4, 0.5) is 5.69 Å². The third-order valence-electron chi connectivity index (χ3n) is 4.12. The van der Waals surface area contributed by atoms with E-state index in [0.29, 0.717) is 17.3 Å². The summed E-state index contributed by atoms with van der Waals surface area (Å²) in [5.41, 5.74) is 5.08. The van der Waals surface area contributed by atoms with Gasteiger partial charge in [-0.2, -0.15) is 5.10 Å². The molecular formula is C20H23N3O3S. The highest BCUT2D eigenvalue weighted by molar-refractivity contribution is 7.80. The van der Waals surface area contributed by atoms with Crippen molar-refractivity contribution in [2.75, 3.05) is 19.5 Å². The third kappa shape index (κ3) is 4.49. The van der Waals surface area contributed by atoms with Gasteiger partial charge in [-0.1, -0.05) is 12.1 Å².